The zero-order valence-electron chi connectivity index (χ0n) is 27.5. The van der Waals surface area contributed by atoms with Gasteiger partial charge in [-0.1, -0.05) is 109 Å². The average Bonchev–Trinajstić information content (AvgIpc) is 3.88. The molecular weight excluding hydrogens is 631 g/mol. The summed E-state index contributed by atoms with van der Waals surface area (Å²) in [5.74, 6) is 1.89. The van der Waals surface area contributed by atoms with E-state index in [0.29, 0.717) is 0 Å². The van der Waals surface area contributed by atoms with Crippen molar-refractivity contribution in [2.75, 3.05) is 0 Å². The molecule has 2 atom stereocenters. The third kappa shape index (κ3) is 4.50. The molecule has 6 nitrogen and oxygen atoms in total. The molecule has 0 saturated heterocycles. The summed E-state index contributed by atoms with van der Waals surface area (Å²) in [7, 11) is 0. The van der Waals surface area contributed by atoms with Crippen LogP contribution in [0.5, 0.6) is 0 Å². The third-order valence-electron chi connectivity index (χ3n) is 10.4. The van der Waals surface area contributed by atoms with Gasteiger partial charge < -0.3 is 18.6 Å². The number of furan rings is 3. The molecule has 2 aliphatic rings. The Bertz CT molecular complexity index is 2890. The molecule has 244 valence electrons. The number of benzene rings is 6. The molecule has 4 heterocycles. The first-order valence-corrected chi connectivity index (χ1v) is 17.5. The molecule has 9 aromatic rings. The Morgan fingerprint density at radius 3 is 2.24 bits per heavy atom. The topological polar surface area (TPSA) is 75.8 Å². The molecule has 0 bridgehead atoms. The van der Waals surface area contributed by atoms with Crippen LogP contribution < -0.4 is 10.6 Å². The second-order valence-electron chi connectivity index (χ2n) is 13.4. The average molecular weight is 662 g/mol. The Kier molecular flexibility index (Phi) is 6.18. The molecule has 2 unspecified atom stereocenters. The zero-order chi connectivity index (χ0) is 33.5. The van der Waals surface area contributed by atoms with E-state index in [1.807, 2.05) is 24.3 Å². The maximum absolute atomic E-state index is 6.51. The Morgan fingerprint density at radius 2 is 1.33 bits per heavy atom. The van der Waals surface area contributed by atoms with Crippen LogP contribution in [0, 0.1) is 0 Å². The van der Waals surface area contributed by atoms with Crippen molar-refractivity contribution in [3.8, 4) is 11.1 Å². The first-order chi connectivity index (χ1) is 25.2. The van der Waals surface area contributed by atoms with Crippen molar-refractivity contribution < 1.29 is 13.3 Å². The van der Waals surface area contributed by atoms with Gasteiger partial charge >= 0.3 is 0 Å². The fourth-order valence-corrected chi connectivity index (χ4v) is 8.05. The molecule has 2 N–H and O–H groups in total. The van der Waals surface area contributed by atoms with Crippen LogP contribution in [0.25, 0.3) is 71.5 Å². The van der Waals surface area contributed by atoms with Gasteiger partial charge in [0, 0.05) is 50.0 Å². The molecule has 51 heavy (non-hydrogen) atoms. The van der Waals surface area contributed by atoms with E-state index in [4.69, 9.17) is 18.2 Å². The number of para-hydroxylation sites is 3. The van der Waals surface area contributed by atoms with E-state index in [1.54, 1.807) is 0 Å². The molecule has 1 aliphatic heterocycles. The number of aliphatic imine (C=N–C) groups is 1. The lowest BCUT2D eigenvalue weighted by atomic mass is 9.91. The molecule has 0 saturated carbocycles. The Morgan fingerprint density at radius 1 is 0.569 bits per heavy atom. The van der Waals surface area contributed by atoms with Crippen molar-refractivity contribution in [1.29, 1.82) is 0 Å². The van der Waals surface area contributed by atoms with Gasteiger partial charge in [-0.3, -0.25) is 5.32 Å². The molecule has 0 spiro atoms. The Balaban J connectivity index is 0.997. The molecule has 11 rings (SSSR count). The van der Waals surface area contributed by atoms with Gasteiger partial charge in [-0.15, -0.1) is 0 Å². The second-order valence-corrected chi connectivity index (χ2v) is 13.4. The van der Waals surface area contributed by atoms with Crippen molar-refractivity contribution in [1.82, 2.24) is 10.6 Å². The van der Waals surface area contributed by atoms with Crippen molar-refractivity contribution in [3.05, 3.63) is 162 Å². The molecule has 3 aromatic heterocycles. The van der Waals surface area contributed by atoms with Crippen LogP contribution >= 0.6 is 0 Å². The van der Waals surface area contributed by atoms with Gasteiger partial charge in [0.05, 0.1) is 0 Å². The minimum absolute atomic E-state index is 0.183. The first-order valence-electron chi connectivity index (χ1n) is 17.5. The highest BCUT2D eigenvalue weighted by molar-refractivity contribution is 6.11. The fourth-order valence-electron chi connectivity index (χ4n) is 8.05. The third-order valence-corrected chi connectivity index (χ3v) is 10.4. The quantitative estimate of drug-likeness (QED) is 0.196. The zero-order valence-corrected chi connectivity index (χ0v) is 27.5. The van der Waals surface area contributed by atoms with Crippen molar-refractivity contribution in [2.45, 2.75) is 25.2 Å². The standard InChI is InChI=1S/C45H31N3O3/c1-2-10-26(11-3-1)43-46-44(48-45(47-43)34-16-9-19-39-41(34)33-13-5-7-18-37(33)49-39)28-20-22-31-35-24-27(21-23-38(35)50-40(31)25-28)29-14-8-15-32-30-12-4-6-17-36(30)51-42(29)32/h1-8,10-18,20-25,44-45,48H,9,19H2,(H,46,47). The molecule has 6 heteroatoms. The predicted molar refractivity (Wildman–Crippen MR) is 205 cm³/mol. The summed E-state index contributed by atoms with van der Waals surface area (Å²) in [6.45, 7) is 0. The molecule has 1 aliphatic carbocycles. The lowest BCUT2D eigenvalue weighted by Gasteiger charge is -2.34. The van der Waals surface area contributed by atoms with Crippen LogP contribution in [0.4, 0.5) is 0 Å². The summed E-state index contributed by atoms with van der Waals surface area (Å²) in [4.78, 5) is 5.23. The summed E-state index contributed by atoms with van der Waals surface area (Å²) >= 11 is 0. The summed E-state index contributed by atoms with van der Waals surface area (Å²) in [6, 6.07) is 46.1. The summed E-state index contributed by atoms with van der Waals surface area (Å²) in [5, 5.41) is 13.1. The van der Waals surface area contributed by atoms with Crippen LogP contribution in [0.2, 0.25) is 0 Å². The van der Waals surface area contributed by atoms with Gasteiger partial charge in [0.15, 0.2) is 0 Å². The minimum atomic E-state index is -0.310. The normalized spacial score (nSPS) is 17.6. The lowest BCUT2D eigenvalue weighted by Crippen LogP contribution is -2.52. The SMILES string of the molecule is C1=C(C2NC(c3ccccc3)=NC(c3ccc4c(c3)oc3ccc(-c5cccc6c5oc5ccccc56)cc34)N2)c2c(oc3ccccc23)CC1. The number of fused-ring (bicyclic) bond motifs is 9. The van der Waals surface area contributed by atoms with Crippen LogP contribution in [-0.4, -0.2) is 12.0 Å². The predicted octanol–water partition coefficient (Wildman–Crippen LogP) is 10.9. The van der Waals surface area contributed by atoms with Crippen molar-refractivity contribution >= 4 is 66.3 Å². The molecule has 0 fully saturated rings. The van der Waals surface area contributed by atoms with Gasteiger partial charge in [-0.05, 0) is 53.5 Å². The maximum atomic E-state index is 6.51. The van der Waals surface area contributed by atoms with E-state index < -0.39 is 0 Å². The second kappa shape index (κ2) is 11.1. The molecule has 0 amide bonds. The number of aryl methyl sites for hydroxylation is 1. The number of amidine groups is 1. The number of nitrogens with zero attached hydrogens (tertiary/aromatic N) is 1. The number of nitrogens with one attached hydrogen (secondary N) is 2. The van der Waals surface area contributed by atoms with E-state index in [0.717, 1.165) is 102 Å². The van der Waals surface area contributed by atoms with Crippen molar-refractivity contribution in [3.63, 3.8) is 0 Å². The minimum Gasteiger partial charge on any atom is -0.460 e. The summed E-state index contributed by atoms with van der Waals surface area (Å²) in [5.41, 5.74) is 11.0. The van der Waals surface area contributed by atoms with E-state index in [1.165, 1.54) is 11.1 Å². The maximum Gasteiger partial charge on any atom is 0.143 e. The van der Waals surface area contributed by atoms with Gasteiger partial charge in [0.1, 0.15) is 51.8 Å². The monoisotopic (exact) mass is 661 g/mol. The highest BCUT2D eigenvalue weighted by Crippen LogP contribution is 2.41. The van der Waals surface area contributed by atoms with Crippen LogP contribution in [0.1, 0.15) is 35.0 Å². The van der Waals surface area contributed by atoms with Gasteiger partial charge in [-0.25, -0.2) is 4.99 Å². The summed E-state index contributed by atoms with van der Waals surface area (Å²) < 4.78 is 19.2. The first kappa shape index (κ1) is 28.5. The highest BCUT2D eigenvalue weighted by Gasteiger charge is 2.32. The number of allylic oxidation sites excluding steroid dienone is 1. The largest absolute Gasteiger partial charge is 0.460 e. The summed E-state index contributed by atoms with van der Waals surface area (Å²) in [6.07, 6.45) is 3.65. The fraction of sp³-hybridized carbons (Fsp3) is 0.0889. The van der Waals surface area contributed by atoms with Gasteiger partial charge in [0.25, 0.3) is 0 Å². The number of hydrogen-bond donors (Lipinski definition) is 2. The molecule has 6 aromatic carbocycles. The van der Waals surface area contributed by atoms with Crippen LogP contribution in [0.15, 0.2) is 158 Å². The van der Waals surface area contributed by atoms with Crippen LogP contribution in [0.3, 0.4) is 0 Å². The Hall–Kier alpha value is -6.37. The lowest BCUT2D eigenvalue weighted by molar-refractivity contribution is 0.456. The van der Waals surface area contributed by atoms with E-state index in [-0.39, 0.29) is 12.3 Å². The highest BCUT2D eigenvalue weighted by atomic mass is 16.3. The smallest absolute Gasteiger partial charge is 0.143 e. The van der Waals surface area contributed by atoms with Crippen LogP contribution in [-0.2, 0) is 6.42 Å². The van der Waals surface area contributed by atoms with E-state index >= 15 is 0 Å². The van der Waals surface area contributed by atoms with E-state index in [2.05, 4.69) is 126 Å². The van der Waals surface area contributed by atoms with Gasteiger partial charge in [-0.2, -0.15) is 0 Å². The Labute approximate surface area is 292 Å². The molecular formula is C45H31N3O3. The van der Waals surface area contributed by atoms with E-state index in [9.17, 15) is 0 Å². The molecule has 0 radical (unpaired) electrons. The van der Waals surface area contributed by atoms with Crippen molar-refractivity contribution in [2.24, 2.45) is 4.99 Å². The van der Waals surface area contributed by atoms with Gasteiger partial charge in [0.2, 0.25) is 0 Å². The number of rotatable bonds is 4. The number of hydrogen-bond acceptors (Lipinski definition) is 6.